The van der Waals surface area contributed by atoms with Gasteiger partial charge in [-0.05, 0) is 48.9 Å². The lowest BCUT2D eigenvalue weighted by Crippen LogP contribution is -2.59. The number of nitrogens with one attached hydrogen (secondary N) is 1. The summed E-state index contributed by atoms with van der Waals surface area (Å²) in [5.41, 5.74) is 4.54. The number of carbonyl (C=O) groups excluding carboxylic acids is 1. The number of para-hydroxylation sites is 1. The van der Waals surface area contributed by atoms with Gasteiger partial charge in [-0.15, -0.1) is 0 Å². The zero-order valence-corrected chi connectivity index (χ0v) is 20.2. The van der Waals surface area contributed by atoms with Crippen LogP contribution in [0.3, 0.4) is 0 Å². The smallest absolute Gasteiger partial charge is 0.261 e. The number of nitrogens with zero attached hydrogens (tertiary/aromatic N) is 5. The van der Waals surface area contributed by atoms with E-state index in [1.807, 2.05) is 12.1 Å². The lowest BCUT2D eigenvalue weighted by molar-refractivity contribution is -0.173. The number of rotatable bonds is 9. The van der Waals surface area contributed by atoms with Crippen LogP contribution in [0.5, 0.6) is 0 Å². The average Bonchev–Trinajstić information content (AvgIpc) is 2.78. The first-order valence-corrected chi connectivity index (χ1v) is 14.0. The van der Waals surface area contributed by atoms with Crippen molar-refractivity contribution in [3.8, 4) is 0 Å². The van der Waals surface area contributed by atoms with Gasteiger partial charge in [0.2, 0.25) is 0 Å². The molecule has 3 heterocycles. The summed E-state index contributed by atoms with van der Waals surface area (Å²) in [6, 6.07) is 10.4. The Kier molecular flexibility index (Phi) is 7.75. The van der Waals surface area contributed by atoms with Crippen molar-refractivity contribution < 1.29 is 10.0 Å². The van der Waals surface area contributed by atoms with Gasteiger partial charge in [0.25, 0.3) is 5.91 Å². The Morgan fingerprint density at radius 2 is 1.84 bits per heavy atom. The third kappa shape index (κ3) is 5.65. The quantitative estimate of drug-likeness (QED) is 0.542. The predicted molar refractivity (Wildman–Crippen MR) is 132 cm³/mol. The average molecular weight is 463 g/mol. The van der Waals surface area contributed by atoms with Crippen molar-refractivity contribution >= 4 is 21.6 Å². The van der Waals surface area contributed by atoms with E-state index < -0.39 is 10.0 Å². The monoisotopic (exact) mass is 462 g/mol. The van der Waals surface area contributed by atoms with Crippen LogP contribution in [0.2, 0.25) is 0 Å². The summed E-state index contributed by atoms with van der Waals surface area (Å²) in [4.78, 5) is 19.3. The molecule has 0 spiro atoms. The largest absolute Gasteiger partial charge is 0.369 e. The zero-order valence-electron chi connectivity index (χ0n) is 19.4. The van der Waals surface area contributed by atoms with Gasteiger partial charge in [-0.1, -0.05) is 25.1 Å². The van der Waals surface area contributed by atoms with E-state index in [4.69, 9.17) is 0 Å². The van der Waals surface area contributed by atoms with Gasteiger partial charge in [-0.25, -0.2) is 15.5 Å². The minimum absolute atomic E-state index is 0.0213. The molecule has 0 aliphatic carbocycles. The van der Waals surface area contributed by atoms with Crippen molar-refractivity contribution in [3.63, 3.8) is 0 Å². The number of anilines is 1. The van der Waals surface area contributed by atoms with E-state index in [1.54, 1.807) is 6.08 Å². The van der Waals surface area contributed by atoms with Crippen LogP contribution in [-0.2, 0) is 4.79 Å². The second-order valence-electron chi connectivity index (χ2n) is 9.09. The maximum absolute atomic E-state index is 12.4. The molecule has 1 aromatic rings. The SMILES string of the molecule is CCS1(CN(C)C2C=CC(=O)N(CN(O)CN3CCN(c4ccccc4)CC3)N2)CCC1. The second kappa shape index (κ2) is 10.5. The van der Waals surface area contributed by atoms with Crippen molar-refractivity contribution in [2.24, 2.45) is 0 Å². The van der Waals surface area contributed by atoms with Gasteiger partial charge in [0.05, 0.1) is 12.8 Å². The summed E-state index contributed by atoms with van der Waals surface area (Å²) in [7, 11) is 1.62. The molecule has 3 aliphatic rings. The van der Waals surface area contributed by atoms with Crippen LogP contribution in [0.25, 0.3) is 0 Å². The Labute approximate surface area is 193 Å². The molecule has 1 atom stereocenters. The van der Waals surface area contributed by atoms with E-state index in [0.717, 1.165) is 32.1 Å². The summed E-state index contributed by atoms with van der Waals surface area (Å²) in [6.45, 7) is 6.47. The molecule has 0 radical (unpaired) electrons. The van der Waals surface area contributed by atoms with E-state index in [1.165, 1.54) is 39.4 Å². The molecule has 9 heteroatoms. The van der Waals surface area contributed by atoms with E-state index in [-0.39, 0.29) is 18.7 Å². The highest BCUT2D eigenvalue weighted by Gasteiger charge is 2.33. The maximum atomic E-state index is 12.4. The van der Waals surface area contributed by atoms with Crippen LogP contribution in [0.1, 0.15) is 13.3 Å². The van der Waals surface area contributed by atoms with Gasteiger partial charge in [-0.3, -0.25) is 19.6 Å². The lowest BCUT2D eigenvalue weighted by Gasteiger charge is -2.51. The molecule has 4 rings (SSSR count). The molecule has 2 saturated heterocycles. The van der Waals surface area contributed by atoms with E-state index in [9.17, 15) is 10.0 Å². The Hall–Kier alpha value is -1.62. The topological polar surface area (TPSA) is 65.5 Å². The van der Waals surface area contributed by atoms with E-state index in [0.29, 0.717) is 6.67 Å². The summed E-state index contributed by atoms with van der Waals surface area (Å²) in [5.74, 6) is 4.99. The summed E-state index contributed by atoms with van der Waals surface area (Å²) >= 11 is 0. The van der Waals surface area contributed by atoms with Gasteiger partial charge < -0.3 is 10.1 Å². The molecule has 0 aromatic heterocycles. The molecule has 1 amide bonds. The molecule has 3 aliphatic heterocycles. The number of likely N-dealkylation sites (N-methyl/N-ethyl adjacent to an activating group) is 1. The molecule has 8 nitrogen and oxygen atoms in total. The standard InChI is InChI=1S/C23H38N6O2S/c1-3-32(16-7-17-32)20-25(2)22-10-11-23(30)29(24-22)19-28(31)18-26-12-14-27(15-13-26)21-8-5-4-6-9-21/h4-6,8-11,22,24,31H,3,7,12-20H2,1-2H3. The number of piperazine rings is 1. The lowest BCUT2D eigenvalue weighted by atomic mass is 10.2. The fourth-order valence-electron chi connectivity index (χ4n) is 4.68. The van der Waals surface area contributed by atoms with Crippen molar-refractivity contribution in [3.05, 3.63) is 42.5 Å². The fraction of sp³-hybridized carbons (Fsp3) is 0.609. The van der Waals surface area contributed by atoms with Gasteiger partial charge >= 0.3 is 0 Å². The minimum Gasteiger partial charge on any atom is -0.369 e. The normalized spacial score (nSPS) is 24.8. The zero-order chi connectivity index (χ0) is 22.6. The van der Waals surface area contributed by atoms with Gasteiger partial charge in [-0.2, -0.15) is 5.06 Å². The van der Waals surface area contributed by atoms with Crippen molar-refractivity contribution in [2.75, 3.05) is 74.6 Å². The second-order valence-corrected chi connectivity index (χ2v) is 13.2. The van der Waals surface area contributed by atoms with Crippen LogP contribution in [0.15, 0.2) is 42.5 Å². The molecule has 2 fully saturated rings. The number of hydrogen-bond acceptors (Lipinski definition) is 7. The molecular weight excluding hydrogens is 424 g/mol. The Morgan fingerprint density at radius 3 is 2.47 bits per heavy atom. The summed E-state index contributed by atoms with van der Waals surface area (Å²) in [6.07, 6.45) is 4.89. The number of hydroxylamine groups is 2. The highest BCUT2D eigenvalue weighted by Crippen LogP contribution is 2.56. The van der Waals surface area contributed by atoms with E-state index in [2.05, 4.69) is 58.4 Å². The summed E-state index contributed by atoms with van der Waals surface area (Å²) in [5, 5.41) is 13.3. The maximum Gasteiger partial charge on any atom is 0.261 e. The molecule has 32 heavy (non-hydrogen) atoms. The van der Waals surface area contributed by atoms with Crippen LogP contribution in [-0.4, -0.2) is 107 Å². The third-order valence-electron chi connectivity index (χ3n) is 6.86. The molecule has 1 unspecified atom stereocenters. The third-order valence-corrected chi connectivity index (χ3v) is 11.3. The number of hydrazine groups is 1. The number of carbonyl (C=O) groups is 1. The van der Waals surface area contributed by atoms with Gasteiger partial charge in [0, 0.05) is 43.8 Å². The summed E-state index contributed by atoms with van der Waals surface area (Å²) < 4.78 is 0. The Morgan fingerprint density at radius 1 is 1.12 bits per heavy atom. The molecule has 2 N–H and O–H groups in total. The van der Waals surface area contributed by atoms with Crippen molar-refractivity contribution in [2.45, 2.75) is 19.5 Å². The van der Waals surface area contributed by atoms with Crippen LogP contribution in [0.4, 0.5) is 5.69 Å². The number of benzene rings is 1. The predicted octanol–water partition coefficient (Wildman–Crippen LogP) is 1.76. The fourth-order valence-corrected chi connectivity index (χ4v) is 7.83. The van der Waals surface area contributed by atoms with E-state index >= 15 is 0 Å². The molecular formula is C23H38N6O2S. The first kappa shape index (κ1) is 23.5. The minimum atomic E-state index is -0.503. The van der Waals surface area contributed by atoms with Crippen molar-refractivity contribution in [1.29, 1.82) is 0 Å². The number of amides is 1. The Bertz CT molecular complexity index is 776. The first-order chi connectivity index (χ1) is 15.5. The highest BCUT2D eigenvalue weighted by molar-refractivity contribution is 8.34. The van der Waals surface area contributed by atoms with Crippen LogP contribution in [0, 0.1) is 0 Å². The molecule has 1 aromatic carbocycles. The Balaban J connectivity index is 1.23. The van der Waals surface area contributed by atoms with Gasteiger partial charge in [0.1, 0.15) is 6.67 Å². The molecule has 178 valence electrons. The van der Waals surface area contributed by atoms with Crippen LogP contribution < -0.4 is 10.3 Å². The van der Waals surface area contributed by atoms with Gasteiger partial charge in [0.15, 0.2) is 0 Å². The molecule has 0 saturated carbocycles. The first-order valence-electron chi connectivity index (χ1n) is 11.6. The highest BCUT2D eigenvalue weighted by atomic mass is 32.3. The number of hydrogen-bond donors (Lipinski definition) is 2. The molecule has 0 bridgehead atoms. The van der Waals surface area contributed by atoms with Crippen molar-refractivity contribution in [1.82, 2.24) is 25.3 Å². The van der Waals surface area contributed by atoms with Crippen LogP contribution >= 0.6 is 10.0 Å².